The molecular weight excluding hydrogens is 386 g/mol. The second kappa shape index (κ2) is 7.08. The van der Waals surface area contributed by atoms with Crippen molar-refractivity contribution < 1.29 is 4.79 Å². The fraction of sp³-hybridized carbons (Fsp3) is 0.174. The van der Waals surface area contributed by atoms with E-state index < -0.39 is 0 Å². The van der Waals surface area contributed by atoms with Crippen LogP contribution in [0.25, 0.3) is 22.3 Å². The van der Waals surface area contributed by atoms with E-state index >= 15 is 0 Å². The average Bonchev–Trinajstić information content (AvgIpc) is 2.63. The summed E-state index contributed by atoms with van der Waals surface area (Å²) in [6.45, 7) is 6.62. The Hall–Kier alpha value is -2.39. The molecule has 0 fully saturated rings. The summed E-state index contributed by atoms with van der Waals surface area (Å²) in [7, 11) is 0. The zero-order valence-electron chi connectivity index (χ0n) is 15.2. The summed E-state index contributed by atoms with van der Waals surface area (Å²) in [5.41, 5.74) is 13.2. The van der Waals surface area contributed by atoms with Crippen molar-refractivity contribution in [2.75, 3.05) is 5.73 Å². The van der Waals surface area contributed by atoms with Gasteiger partial charge in [-0.15, -0.1) is 0 Å². The predicted molar refractivity (Wildman–Crippen MR) is 114 cm³/mol. The van der Waals surface area contributed by atoms with E-state index in [1.165, 1.54) is 5.56 Å². The van der Waals surface area contributed by atoms with E-state index in [0.717, 1.165) is 33.0 Å². The number of hydrogen-bond donors (Lipinski definition) is 1. The van der Waals surface area contributed by atoms with Crippen molar-refractivity contribution in [3.8, 4) is 22.3 Å². The summed E-state index contributed by atoms with van der Waals surface area (Å²) in [5.74, 6) is 0. The number of carbonyl (C=O) groups is 1. The number of carbonyl (C=O) groups excluding carboxylic acids is 1. The summed E-state index contributed by atoms with van der Waals surface area (Å²) in [4.78, 5) is 10.9. The van der Waals surface area contributed by atoms with Crippen molar-refractivity contribution in [1.29, 1.82) is 0 Å². The van der Waals surface area contributed by atoms with Gasteiger partial charge in [0.15, 0.2) is 0 Å². The predicted octanol–water partition coefficient (Wildman–Crippen LogP) is 6.48. The standard InChI is InChI=1S/C23H22BrNO/c1-23(2,3)18-10-8-16(9-11-18)21-19(24)12-13-20(25)22(21)17-6-4-15(14-26)5-7-17/h4-14H,25H2,1-3H3. The average molecular weight is 408 g/mol. The van der Waals surface area contributed by atoms with E-state index in [0.29, 0.717) is 11.3 Å². The highest BCUT2D eigenvalue weighted by Crippen LogP contribution is 2.42. The third-order valence-corrected chi connectivity index (χ3v) is 5.22. The summed E-state index contributed by atoms with van der Waals surface area (Å²) in [6, 6.07) is 20.0. The zero-order chi connectivity index (χ0) is 18.9. The summed E-state index contributed by atoms with van der Waals surface area (Å²) >= 11 is 3.69. The first-order valence-corrected chi connectivity index (χ1v) is 9.35. The fourth-order valence-corrected chi connectivity index (χ4v) is 3.61. The minimum absolute atomic E-state index is 0.110. The van der Waals surface area contributed by atoms with Crippen LogP contribution in [0.15, 0.2) is 65.1 Å². The van der Waals surface area contributed by atoms with Gasteiger partial charge in [-0.2, -0.15) is 0 Å². The Bertz CT molecular complexity index is 936. The van der Waals surface area contributed by atoms with E-state index in [1.807, 2.05) is 36.4 Å². The second-order valence-corrected chi connectivity index (χ2v) is 8.31. The van der Waals surface area contributed by atoms with Gasteiger partial charge in [-0.3, -0.25) is 4.79 Å². The molecule has 0 spiro atoms. The maximum atomic E-state index is 10.9. The molecule has 0 aliphatic carbocycles. The van der Waals surface area contributed by atoms with Gasteiger partial charge in [0.1, 0.15) is 6.29 Å². The quantitative estimate of drug-likeness (QED) is 0.398. The Morgan fingerprint density at radius 2 is 1.35 bits per heavy atom. The van der Waals surface area contributed by atoms with Crippen molar-refractivity contribution >= 4 is 27.9 Å². The first-order valence-electron chi connectivity index (χ1n) is 8.56. The molecule has 0 radical (unpaired) electrons. The zero-order valence-corrected chi connectivity index (χ0v) is 16.8. The van der Waals surface area contributed by atoms with Crippen LogP contribution in [-0.4, -0.2) is 6.29 Å². The van der Waals surface area contributed by atoms with E-state index in [1.54, 1.807) is 0 Å². The Morgan fingerprint density at radius 3 is 1.88 bits per heavy atom. The molecule has 0 bridgehead atoms. The minimum atomic E-state index is 0.110. The van der Waals surface area contributed by atoms with Crippen LogP contribution in [0.2, 0.25) is 0 Å². The number of nitrogens with two attached hydrogens (primary N) is 1. The van der Waals surface area contributed by atoms with Crippen LogP contribution < -0.4 is 5.73 Å². The number of aldehydes is 1. The van der Waals surface area contributed by atoms with Crippen molar-refractivity contribution in [3.63, 3.8) is 0 Å². The Balaban J connectivity index is 2.18. The molecule has 2 N–H and O–H groups in total. The highest BCUT2D eigenvalue weighted by molar-refractivity contribution is 9.10. The Labute approximate surface area is 163 Å². The largest absolute Gasteiger partial charge is 0.398 e. The maximum absolute atomic E-state index is 10.9. The first kappa shape index (κ1) is 18.4. The fourth-order valence-electron chi connectivity index (χ4n) is 3.05. The lowest BCUT2D eigenvalue weighted by molar-refractivity contribution is 0.112. The topological polar surface area (TPSA) is 43.1 Å². The molecule has 0 atom stereocenters. The molecule has 3 aromatic carbocycles. The molecular formula is C23H22BrNO. The van der Waals surface area contributed by atoms with E-state index in [2.05, 4.69) is 61.0 Å². The number of benzene rings is 3. The van der Waals surface area contributed by atoms with Gasteiger partial charge in [-0.25, -0.2) is 0 Å². The van der Waals surface area contributed by atoms with Crippen LogP contribution in [0.1, 0.15) is 36.7 Å². The number of anilines is 1. The minimum Gasteiger partial charge on any atom is -0.398 e. The Kier molecular flexibility index (Phi) is 5.01. The van der Waals surface area contributed by atoms with Crippen LogP contribution in [0.3, 0.4) is 0 Å². The van der Waals surface area contributed by atoms with Crippen LogP contribution >= 0.6 is 15.9 Å². The third kappa shape index (κ3) is 3.58. The van der Waals surface area contributed by atoms with Crippen LogP contribution in [-0.2, 0) is 5.41 Å². The molecule has 0 saturated carbocycles. The number of halogens is 1. The Morgan fingerprint density at radius 1 is 0.808 bits per heavy atom. The number of rotatable bonds is 3. The second-order valence-electron chi connectivity index (χ2n) is 7.45. The molecule has 0 aliphatic heterocycles. The normalized spacial score (nSPS) is 11.4. The van der Waals surface area contributed by atoms with Crippen molar-refractivity contribution in [1.82, 2.24) is 0 Å². The lowest BCUT2D eigenvalue weighted by Gasteiger charge is -2.20. The first-order chi connectivity index (χ1) is 12.3. The molecule has 3 aromatic rings. The molecule has 3 heteroatoms. The van der Waals surface area contributed by atoms with Gasteiger partial charge in [0.05, 0.1) is 0 Å². The number of nitrogen functional groups attached to an aromatic ring is 1. The highest BCUT2D eigenvalue weighted by Gasteiger charge is 2.17. The number of hydrogen-bond acceptors (Lipinski definition) is 2. The molecule has 2 nitrogen and oxygen atoms in total. The molecule has 0 aromatic heterocycles. The molecule has 0 aliphatic rings. The molecule has 0 amide bonds. The smallest absolute Gasteiger partial charge is 0.150 e. The van der Waals surface area contributed by atoms with Crippen LogP contribution in [0.4, 0.5) is 5.69 Å². The third-order valence-electron chi connectivity index (χ3n) is 4.56. The summed E-state index contributed by atoms with van der Waals surface area (Å²) < 4.78 is 0.990. The SMILES string of the molecule is CC(C)(C)c1ccc(-c2c(Br)ccc(N)c2-c2ccc(C=O)cc2)cc1. The maximum Gasteiger partial charge on any atom is 0.150 e. The van der Waals surface area contributed by atoms with Gasteiger partial charge in [0.25, 0.3) is 0 Å². The van der Waals surface area contributed by atoms with E-state index in [9.17, 15) is 4.79 Å². The molecule has 132 valence electrons. The van der Waals surface area contributed by atoms with Crippen molar-refractivity contribution in [3.05, 3.63) is 76.3 Å². The molecule has 0 heterocycles. The van der Waals surface area contributed by atoms with Crippen molar-refractivity contribution in [2.24, 2.45) is 0 Å². The molecule has 3 rings (SSSR count). The van der Waals surface area contributed by atoms with Gasteiger partial charge in [-0.1, -0.05) is 85.2 Å². The molecule has 0 unspecified atom stereocenters. The lowest BCUT2D eigenvalue weighted by atomic mass is 9.85. The molecule has 26 heavy (non-hydrogen) atoms. The monoisotopic (exact) mass is 407 g/mol. The highest BCUT2D eigenvalue weighted by atomic mass is 79.9. The van der Waals surface area contributed by atoms with Gasteiger partial charge in [0, 0.05) is 26.9 Å². The van der Waals surface area contributed by atoms with Crippen LogP contribution in [0.5, 0.6) is 0 Å². The van der Waals surface area contributed by atoms with E-state index in [4.69, 9.17) is 5.73 Å². The summed E-state index contributed by atoms with van der Waals surface area (Å²) in [6.07, 6.45) is 0.847. The van der Waals surface area contributed by atoms with Gasteiger partial charge in [-0.05, 0) is 34.2 Å². The van der Waals surface area contributed by atoms with Gasteiger partial charge >= 0.3 is 0 Å². The van der Waals surface area contributed by atoms with Gasteiger partial charge < -0.3 is 5.73 Å². The van der Waals surface area contributed by atoms with Gasteiger partial charge in [0.2, 0.25) is 0 Å². The molecule has 0 saturated heterocycles. The lowest BCUT2D eigenvalue weighted by Crippen LogP contribution is -2.10. The van der Waals surface area contributed by atoms with Crippen LogP contribution in [0, 0.1) is 0 Å². The van der Waals surface area contributed by atoms with Crippen molar-refractivity contribution in [2.45, 2.75) is 26.2 Å². The summed E-state index contributed by atoms with van der Waals surface area (Å²) in [5, 5.41) is 0. The van der Waals surface area contributed by atoms with E-state index in [-0.39, 0.29) is 5.41 Å².